The third-order valence-corrected chi connectivity index (χ3v) is 5.01. The van der Waals surface area contributed by atoms with Crippen LogP contribution in [0.1, 0.15) is 22.9 Å². The van der Waals surface area contributed by atoms with E-state index in [1.165, 1.54) is 11.6 Å². The first-order chi connectivity index (χ1) is 12.0. The maximum atomic E-state index is 13.4. The predicted molar refractivity (Wildman–Crippen MR) is 93.6 cm³/mol. The van der Waals surface area contributed by atoms with Crippen LogP contribution in [0.2, 0.25) is 5.02 Å². The Morgan fingerprint density at radius 3 is 2.80 bits per heavy atom. The average Bonchev–Trinajstić information content (AvgIpc) is 2.94. The zero-order valence-electron chi connectivity index (χ0n) is 13.4. The number of hydrogen-bond acceptors (Lipinski definition) is 2. The van der Waals surface area contributed by atoms with Crippen molar-refractivity contribution in [2.45, 2.75) is 19.1 Å². The van der Waals surface area contributed by atoms with E-state index in [9.17, 15) is 13.9 Å². The second kappa shape index (κ2) is 6.41. The molecule has 0 fully saturated rings. The molecule has 2 heterocycles. The monoisotopic (exact) mass is 362 g/mol. The number of hydrogen-bond donors (Lipinski definition) is 2. The Bertz CT molecular complexity index is 941. The van der Waals surface area contributed by atoms with Crippen molar-refractivity contribution in [1.29, 1.82) is 0 Å². The molecule has 1 aromatic heterocycles. The van der Waals surface area contributed by atoms with Crippen LogP contribution in [-0.4, -0.2) is 28.1 Å². The quantitative estimate of drug-likeness (QED) is 0.733. The summed E-state index contributed by atoms with van der Waals surface area (Å²) >= 11 is 6.09. The summed E-state index contributed by atoms with van der Waals surface area (Å²) < 4.78 is 26.4. The predicted octanol–water partition coefficient (Wildman–Crippen LogP) is 4.19. The maximum absolute atomic E-state index is 13.4. The molecule has 0 bridgehead atoms. The van der Waals surface area contributed by atoms with Crippen LogP contribution in [-0.2, 0) is 13.0 Å². The highest BCUT2D eigenvalue weighted by Crippen LogP contribution is 2.30. The Kier molecular flexibility index (Phi) is 4.23. The van der Waals surface area contributed by atoms with E-state index in [-0.39, 0.29) is 0 Å². The van der Waals surface area contributed by atoms with E-state index in [0.29, 0.717) is 23.7 Å². The number of nitrogens with one attached hydrogen (secondary N) is 1. The lowest BCUT2D eigenvalue weighted by Crippen LogP contribution is -2.33. The van der Waals surface area contributed by atoms with Gasteiger partial charge in [-0.25, -0.2) is 8.78 Å². The summed E-state index contributed by atoms with van der Waals surface area (Å²) in [6, 6.07) is 9.32. The van der Waals surface area contributed by atoms with E-state index in [0.717, 1.165) is 41.7 Å². The van der Waals surface area contributed by atoms with Crippen LogP contribution in [0.3, 0.4) is 0 Å². The summed E-state index contributed by atoms with van der Waals surface area (Å²) in [5.74, 6) is -1.85. The van der Waals surface area contributed by atoms with Crippen LogP contribution in [0.5, 0.6) is 0 Å². The van der Waals surface area contributed by atoms with Crippen LogP contribution >= 0.6 is 11.6 Å². The zero-order chi connectivity index (χ0) is 17.6. The van der Waals surface area contributed by atoms with Gasteiger partial charge in [-0.15, -0.1) is 0 Å². The van der Waals surface area contributed by atoms with Crippen LogP contribution < -0.4 is 0 Å². The Morgan fingerprint density at radius 1 is 1.16 bits per heavy atom. The molecular weight excluding hydrogens is 346 g/mol. The highest BCUT2D eigenvalue weighted by atomic mass is 35.5. The lowest BCUT2D eigenvalue weighted by Gasteiger charge is -2.29. The molecule has 3 nitrogen and oxygen atoms in total. The van der Waals surface area contributed by atoms with Gasteiger partial charge in [-0.3, -0.25) is 4.90 Å². The normalized spacial score (nSPS) is 16.2. The van der Waals surface area contributed by atoms with Gasteiger partial charge >= 0.3 is 0 Å². The minimum Gasteiger partial charge on any atom is -0.387 e. The van der Waals surface area contributed by atoms with E-state index in [1.54, 1.807) is 0 Å². The van der Waals surface area contributed by atoms with Crippen molar-refractivity contribution in [2.24, 2.45) is 0 Å². The molecule has 2 aromatic carbocycles. The highest BCUT2D eigenvalue weighted by molar-refractivity contribution is 6.31. The lowest BCUT2D eigenvalue weighted by atomic mass is 10.0. The molecule has 0 spiro atoms. The number of aliphatic hydroxyl groups excluding tert-OH is 1. The minimum atomic E-state index is -0.940. The van der Waals surface area contributed by atoms with Crippen molar-refractivity contribution >= 4 is 22.5 Å². The first-order valence-corrected chi connectivity index (χ1v) is 8.53. The van der Waals surface area contributed by atoms with Crippen molar-refractivity contribution in [3.63, 3.8) is 0 Å². The largest absolute Gasteiger partial charge is 0.387 e. The van der Waals surface area contributed by atoms with Crippen LogP contribution in [0.15, 0.2) is 36.4 Å². The third kappa shape index (κ3) is 3.15. The van der Waals surface area contributed by atoms with Gasteiger partial charge in [0.15, 0.2) is 11.6 Å². The summed E-state index contributed by atoms with van der Waals surface area (Å²) in [5.41, 5.74) is 3.81. The van der Waals surface area contributed by atoms with Crippen LogP contribution in [0, 0.1) is 11.6 Å². The summed E-state index contributed by atoms with van der Waals surface area (Å²) in [7, 11) is 0. The Balaban J connectivity index is 1.52. The molecule has 0 radical (unpaired) electrons. The van der Waals surface area contributed by atoms with E-state index >= 15 is 0 Å². The molecule has 0 aliphatic carbocycles. The fraction of sp³-hybridized carbons (Fsp3) is 0.263. The van der Waals surface area contributed by atoms with Gasteiger partial charge < -0.3 is 10.1 Å². The number of H-pyrrole nitrogens is 1. The van der Waals surface area contributed by atoms with E-state index in [1.807, 2.05) is 18.2 Å². The van der Waals surface area contributed by atoms with Crippen LogP contribution in [0.4, 0.5) is 8.78 Å². The number of nitrogens with zero attached hydrogens (tertiary/aromatic N) is 1. The highest BCUT2D eigenvalue weighted by Gasteiger charge is 2.23. The molecule has 4 rings (SSSR count). The summed E-state index contributed by atoms with van der Waals surface area (Å²) in [6.07, 6.45) is -0.0179. The summed E-state index contributed by atoms with van der Waals surface area (Å²) in [5, 5.41) is 12.2. The summed E-state index contributed by atoms with van der Waals surface area (Å²) in [4.78, 5) is 5.51. The Hall–Kier alpha value is -1.95. The molecule has 0 saturated carbocycles. The molecule has 3 aromatic rings. The van der Waals surface area contributed by atoms with E-state index in [2.05, 4.69) is 9.88 Å². The minimum absolute atomic E-state index is 0.362. The molecule has 2 N–H and O–H groups in total. The van der Waals surface area contributed by atoms with Gasteiger partial charge in [0, 0.05) is 41.3 Å². The molecule has 1 unspecified atom stereocenters. The molecule has 25 heavy (non-hydrogen) atoms. The molecular formula is C19H17ClF2N2O. The smallest absolute Gasteiger partial charge is 0.159 e. The number of rotatable bonds is 3. The number of aromatic nitrogens is 1. The zero-order valence-corrected chi connectivity index (χ0v) is 14.2. The van der Waals surface area contributed by atoms with Crippen molar-refractivity contribution < 1.29 is 13.9 Å². The number of fused-ring (bicyclic) bond motifs is 3. The second-order valence-electron chi connectivity index (χ2n) is 6.45. The molecule has 0 amide bonds. The fourth-order valence-electron chi connectivity index (χ4n) is 3.49. The SMILES string of the molecule is OC(CN1CCc2c([nH]c3ccc(Cl)cc23)C1)c1ccc(F)c(F)c1. The molecule has 1 aliphatic rings. The first kappa shape index (κ1) is 16.5. The standard InChI is InChI=1S/C19H17ClF2N2O/c20-12-2-4-17-14(8-12)13-5-6-24(9-18(13)23-17)10-19(25)11-1-3-15(21)16(22)7-11/h1-4,7-8,19,23,25H,5-6,9-10H2. The average molecular weight is 363 g/mol. The molecule has 1 atom stereocenters. The van der Waals surface area contributed by atoms with Crippen LogP contribution in [0.25, 0.3) is 10.9 Å². The Morgan fingerprint density at radius 2 is 2.00 bits per heavy atom. The van der Waals surface area contributed by atoms with Crippen molar-refractivity contribution in [2.75, 3.05) is 13.1 Å². The number of β-amino-alcohol motifs (C(OH)–C–C–N with tert-alkyl or cyclic N) is 1. The van der Waals surface area contributed by atoms with Crippen molar-refractivity contribution in [3.05, 3.63) is 69.9 Å². The third-order valence-electron chi connectivity index (χ3n) is 4.78. The molecule has 1 aliphatic heterocycles. The van der Waals surface area contributed by atoms with Gasteiger partial charge in [0.05, 0.1) is 6.10 Å². The molecule has 130 valence electrons. The van der Waals surface area contributed by atoms with Gasteiger partial charge in [-0.1, -0.05) is 17.7 Å². The van der Waals surface area contributed by atoms with Crippen molar-refractivity contribution in [1.82, 2.24) is 9.88 Å². The van der Waals surface area contributed by atoms with Gasteiger partial charge in [0.1, 0.15) is 0 Å². The maximum Gasteiger partial charge on any atom is 0.159 e. The van der Waals surface area contributed by atoms with Crippen molar-refractivity contribution in [3.8, 4) is 0 Å². The first-order valence-electron chi connectivity index (χ1n) is 8.15. The lowest BCUT2D eigenvalue weighted by molar-refractivity contribution is 0.105. The fourth-order valence-corrected chi connectivity index (χ4v) is 3.67. The van der Waals surface area contributed by atoms with Gasteiger partial charge in [0.25, 0.3) is 0 Å². The number of benzene rings is 2. The number of aromatic amines is 1. The van der Waals surface area contributed by atoms with Gasteiger partial charge in [-0.2, -0.15) is 0 Å². The topological polar surface area (TPSA) is 39.3 Å². The van der Waals surface area contributed by atoms with E-state index < -0.39 is 17.7 Å². The molecule has 0 saturated heterocycles. The second-order valence-corrected chi connectivity index (χ2v) is 6.88. The van der Waals surface area contributed by atoms with Gasteiger partial charge in [-0.05, 0) is 47.9 Å². The molecule has 6 heteroatoms. The Labute approximate surface area is 148 Å². The van der Waals surface area contributed by atoms with E-state index in [4.69, 9.17) is 11.6 Å². The summed E-state index contributed by atoms with van der Waals surface area (Å²) in [6.45, 7) is 1.82. The van der Waals surface area contributed by atoms with Gasteiger partial charge in [0.2, 0.25) is 0 Å². The number of aliphatic hydroxyl groups is 1. The number of halogens is 3.